The Morgan fingerprint density at radius 3 is 1.91 bits per heavy atom. The Morgan fingerprint density at radius 1 is 0.912 bits per heavy atom. The molecule has 0 aliphatic carbocycles. The molecule has 0 aromatic heterocycles. The minimum Gasteiger partial charge on any atom is -0.748 e. The molecule has 1 aromatic rings. The van der Waals surface area contributed by atoms with Gasteiger partial charge in [-0.25, -0.2) is 8.42 Å². The average Bonchev–Trinajstić information content (AvgIpc) is 2.84. The number of rotatable bonds is 13. The van der Waals surface area contributed by atoms with Gasteiger partial charge < -0.3 is 9.45 Å². The van der Waals surface area contributed by atoms with Crippen molar-refractivity contribution in [3.63, 3.8) is 0 Å². The first-order valence-electron chi connectivity index (χ1n) is 10.8. The molecule has 11 nitrogen and oxygen atoms in total. The second kappa shape index (κ2) is 10.6. The van der Waals surface area contributed by atoms with Crippen LogP contribution in [0.4, 0.5) is 11.4 Å². The molecule has 0 amide bonds. The van der Waals surface area contributed by atoms with E-state index in [0.29, 0.717) is 12.2 Å². The Kier molecular flexibility index (Phi) is 8.92. The highest BCUT2D eigenvalue weighted by Crippen LogP contribution is 2.41. The van der Waals surface area contributed by atoms with Crippen molar-refractivity contribution >= 4 is 47.4 Å². The normalized spacial score (nSPS) is 16.1. The third-order valence-electron chi connectivity index (χ3n) is 6.06. The van der Waals surface area contributed by atoms with Gasteiger partial charge in [-0.1, -0.05) is 0 Å². The molecule has 194 valence electrons. The smallest absolute Gasteiger partial charge is 0.264 e. The van der Waals surface area contributed by atoms with Crippen LogP contribution in [0.15, 0.2) is 18.2 Å². The molecule has 0 fully saturated rings. The van der Waals surface area contributed by atoms with E-state index in [4.69, 9.17) is 9.11 Å². The van der Waals surface area contributed by atoms with Crippen molar-refractivity contribution in [3.05, 3.63) is 23.8 Å². The fourth-order valence-electron chi connectivity index (χ4n) is 4.10. The molecule has 0 unspecified atom stereocenters. The van der Waals surface area contributed by atoms with E-state index in [0.717, 1.165) is 17.0 Å². The zero-order valence-corrected chi connectivity index (χ0v) is 21.9. The fraction of sp³-hybridized carbons (Fsp3) is 0.650. The molecule has 0 radical (unpaired) electrons. The Labute approximate surface area is 201 Å². The van der Waals surface area contributed by atoms with Crippen LogP contribution in [-0.2, 0) is 35.8 Å². The first-order chi connectivity index (χ1) is 15.4. The predicted octanol–water partition coefficient (Wildman–Crippen LogP) is 1.38. The van der Waals surface area contributed by atoms with Crippen LogP contribution >= 0.6 is 0 Å². The molecular formula is C20H32N2O9S3. The van der Waals surface area contributed by atoms with Crippen molar-refractivity contribution in [2.24, 2.45) is 0 Å². The van der Waals surface area contributed by atoms with Gasteiger partial charge in [0.15, 0.2) is 5.71 Å². The van der Waals surface area contributed by atoms with E-state index in [9.17, 15) is 29.8 Å². The van der Waals surface area contributed by atoms with Crippen molar-refractivity contribution in [1.82, 2.24) is 0 Å². The number of benzene rings is 1. The summed E-state index contributed by atoms with van der Waals surface area (Å²) in [5, 5.41) is 0. The van der Waals surface area contributed by atoms with Crippen LogP contribution in [-0.4, -0.2) is 86.1 Å². The minimum absolute atomic E-state index is 0.117. The van der Waals surface area contributed by atoms with Crippen molar-refractivity contribution in [3.8, 4) is 0 Å². The molecule has 2 rings (SSSR count). The summed E-state index contributed by atoms with van der Waals surface area (Å²) < 4.78 is 97.4. The molecule has 0 atom stereocenters. The minimum atomic E-state index is -4.31. The average molecular weight is 541 g/mol. The lowest BCUT2D eigenvalue weighted by molar-refractivity contribution is -0.438. The van der Waals surface area contributed by atoms with Crippen LogP contribution in [0.25, 0.3) is 0 Å². The second-order valence-corrected chi connectivity index (χ2v) is 13.6. The zero-order valence-electron chi connectivity index (χ0n) is 19.5. The standard InChI is InChI=1S/C20H32N2O9S3/c1-16-20(2,3)18-15-17(7-8-19(18)22(16)11-6-14-34(29,30)31)21(9-4-12-32(23,24)25)10-5-13-33(26,27)28/h7-8,15H,4-6,9-14H2,1-3H3,(H2-,23,24,25,26,27,28,29,30,31). The van der Waals surface area contributed by atoms with E-state index in [1.807, 2.05) is 37.5 Å². The van der Waals surface area contributed by atoms with Gasteiger partial charge >= 0.3 is 0 Å². The summed E-state index contributed by atoms with van der Waals surface area (Å²) in [4.78, 5) is 1.80. The zero-order chi connectivity index (χ0) is 25.9. The first-order valence-corrected chi connectivity index (χ1v) is 15.6. The second-order valence-electron chi connectivity index (χ2n) is 8.95. The Hall–Kier alpha value is -1.58. The molecule has 2 N–H and O–H groups in total. The van der Waals surface area contributed by atoms with Gasteiger partial charge in [0.25, 0.3) is 20.2 Å². The SMILES string of the molecule is CC1=[N+](CCCS(=O)(=O)[O-])c2ccc(N(CCCS(=O)(=O)O)CCCS(=O)(=O)O)cc2C1(C)C. The maximum atomic E-state index is 11.1. The van der Waals surface area contributed by atoms with E-state index in [-0.39, 0.29) is 32.4 Å². The van der Waals surface area contributed by atoms with Crippen LogP contribution < -0.4 is 4.90 Å². The number of nitrogens with zero attached hydrogens (tertiary/aromatic N) is 2. The van der Waals surface area contributed by atoms with Gasteiger partial charge in [-0.2, -0.15) is 21.4 Å². The summed E-state index contributed by atoms with van der Waals surface area (Å²) in [6.07, 6.45) is 0.413. The highest BCUT2D eigenvalue weighted by atomic mass is 32.2. The van der Waals surface area contributed by atoms with Gasteiger partial charge in [0.1, 0.15) is 6.54 Å². The molecule has 1 aliphatic rings. The maximum absolute atomic E-state index is 11.1. The van der Waals surface area contributed by atoms with Crippen LogP contribution in [0.1, 0.15) is 45.6 Å². The predicted molar refractivity (Wildman–Crippen MR) is 128 cm³/mol. The third kappa shape index (κ3) is 8.27. The van der Waals surface area contributed by atoms with E-state index in [1.165, 1.54) is 0 Å². The number of anilines is 1. The monoisotopic (exact) mass is 540 g/mol. The lowest BCUT2D eigenvalue weighted by atomic mass is 9.82. The number of hydrogen-bond donors (Lipinski definition) is 2. The summed E-state index contributed by atoms with van der Waals surface area (Å²) in [6, 6.07) is 5.57. The van der Waals surface area contributed by atoms with Crippen molar-refractivity contribution in [1.29, 1.82) is 0 Å². The van der Waals surface area contributed by atoms with Gasteiger partial charge in [-0.3, -0.25) is 9.11 Å². The lowest BCUT2D eigenvalue weighted by Gasteiger charge is -2.26. The molecule has 14 heteroatoms. The summed E-state index contributed by atoms with van der Waals surface area (Å²) in [5.41, 5.74) is 3.10. The summed E-state index contributed by atoms with van der Waals surface area (Å²) in [7, 11) is -12.6. The van der Waals surface area contributed by atoms with Gasteiger partial charge in [0.2, 0.25) is 5.69 Å². The molecule has 1 aromatic carbocycles. The third-order valence-corrected chi connectivity index (χ3v) is 8.45. The quantitative estimate of drug-likeness (QED) is 0.275. The molecule has 0 bridgehead atoms. The molecule has 0 saturated carbocycles. The van der Waals surface area contributed by atoms with Crippen LogP contribution in [0.5, 0.6) is 0 Å². The van der Waals surface area contributed by atoms with E-state index in [2.05, 4.69) is 0 Å². The summed E-state index contributed by atoms with van der Waals surface area (Å²) in [6.45, 7) is 6.78. The molecule has 0 spiro atoms. The van der Waals surface area contributed by atoms with Crippen molar-refractivity contribution < 1.29 is 43.5 Å². The number of fused-ring (bicyclic) bond motifs is 1. The number of hydrogen-bond acceptors (Lipinski definition) is 8. The first kappa shape index (κ1) is 28.7. The molecule has 34 heavy (non-hydrogen) atoms. The van der Waals surface area contributed by atoms with Crippen molar-refractivity contribution in [2.75, 3.05) is 41.8 Å². The van der Waals surface area contributed by atoms with Crippen LogP contribution in [0.2, 0.25) is 0 Å². The van der Waals surface area contributed by atoms with Gasteiger partial charge in [-0.05, 0) is 38.8 Å². The van der Waals surface area contributed by atoms with E-state index in [1.54, 1.807) is 11.0 Å². The Bertz CT molecular complexity index is 1210. The maximum Gasteiger partial charge on any atom is 0.264 e. The largest absolute Gasteiger partial charge is 0.748 e. The molecule has 1 heterocycles. The van der Waals surface area contributed by atoms with Gasteiger partial charge in [0, 0.05) is 49.5 Å². The molecule has 1 aliphatic heterocycles. The van der Waals surface area contributed by atoms with E-state index >= 15 is 0 Å². The lowest BCUT2D eigenvalue weighted by Crippen LogP contribution is -2.29. The topological polar surface area (TPSA) is 172 Å². The fourth-order valence-corrected chi connectivity index (χ4v) is 5.57. The van der Waals surface area contributed by atoms with Crippen LogP contribution in [0, 0.1) is 0 Å². The molecule has 0 saturated heterocycles. The van der Waals surface area contributed by atoms with Crippen LogP contribution in [0.3, 0.4) is 0 Å². The molecular weight excluding hydrogens is 508 g/mol. The summed E-state index contributed by atoms with van der Waals surface area (Å²) in [5.74, 6) is -1.34. The highest BCUT2D eigenvalue weighted by Gasteiger charge is 2.43. The Balaban J connectivity index is 2.31. The van der Waals surface area contributed by atoms with Gasteiger partial charge in [-0.15, -0.1) is 0 Å². The highest BCUT2D eigenvalue weighted by molar-refractivity contribution is 7.86. The Morgan fingerprint density at radius 2 is 1.44 bits per heavy atom. The summed E-state index contributed by atoms with van der Waals surface area (Å²) >= 11 is 0. The van der Waals surface area contributed by atoms with Crippen molar-refractivity contribution in [2.45, 2.75) is 45.4 Å². The van der Waals surface area contributed by atoms with Gasteiger partial charge in [0.05, 0.1) is 27.0 Å². The van der Waals surface area contributed by atoms with E-state index < -0.39 is 53.0 Å².